The number of hydrogen-bond acceptors (Lipinski definition) is 6. The van der Waals surface area contributed by atoms with Gasteiger partial charge in [-0.15, -0.1) is 0 Å². The zero-order chi connectivity index (χ0) is 19.3. The zero-order valence-electron chi connectivity index (χ0n) is 15.1. The Hall–Kier alpha value is -2.46. The van der Waals surface area contributed by atoms with E-state index in [4.69, 9.17) is 4.74 Å². The van der Waals surface area contributed by atoms with Crippen LogP contribution in [0, 0.1) is 0 Å². The Labute approximate surface area is 158 Å². The number of carbonyl (C=O) groups is 1. The van der Waals surface area contributed by atoms with Crippen molar-refractivity contribution in [2.75, 3.05) is 24.7 Å². The Balaban J connectivity index is 1.60. The zero-order valence-corrected chi connectivity index (χ0v) is 15.9. The fraction of sp³-hybridized carbons (Fsp3) is 0.471. The molecule has 1 aliphatic rings. The minimum Gasteiger partial charge on any atom is -0.492 e. The Morgan fingerprint density at radius 3 is 2.96 bits per heavy atom. The third-order valence-electron chi connectivity index (χ3n) is 4.34. The van der Waals surface area contributed by atoms with Gasteiger partial charge in [0.05, 0.1) is 12.8 Å². The predicted octanol–water partition coefficient (Wildman–Crippen LogP) is 1.11. The summed E-state index contributed by atoms with van der Waals surface area (Å²) in [7, 11) is -3.42. The highest BCUT2D eigenvalue weighted by Gasteiger charge is 2.34. The maximum Gasteiger partial charge on any atom is 0.242 e. The molecule has 0 spiro atoms. The molecule has 1 aromatic carbocycles. The second kappa shape index (κ2) is 8.49. The van der Waals surface area contributed by atoms with E-state index in [-0.39, 0.29) is 5.91 Å². The molecule has 0 saturated carbocycles. The number of aromatic nitrogens is 3. The van der Waals surface area contributed by atoms with Crippen LogP contribution in [0.5, 0.6) is 5.75 Å². The first-order valence-corrected chi connectivity index (χ1v) is 10.6. The van der Waals surface area contributed by atoms with E-state index in [0.717, 1.165) is 19.1 Å². The summed E-state index contributed by atoms with van der Waals surface area (Å²) >= 11 is 0. The van der Waals surface area contributed by atoms with Gasteiger partial charge in [-0.2, -0.15) is 9.40 Å². The van der Waals surface area contributed by atoms with Crippen LogP contribution >= 0.6 is 0 Å². The Bertz CT molecular complexity index is 869. The lowest BCUT2D eigenvalue weighted by atomic mass is 10.0. The standard InChI is InChI=1S/C17H23N5O4S/c1-27(24,25)22-8-3-2-7-16(22)17(23)20-14-5-4-6-15(11-14)26-10-9-21-13-18-12-19-21/h4-6,11-13,16H,2-3,7-10H2,1H3,(H,20,23). The summed E-state index contributed by atoms with van der Waals surface area (Å²) in [6, 6.07) is 6.35. The van der Waals surface area contributed by atoms with Gasteiger partial charge in [0.1, 0.15) is 31.1 Å². The third kappa shape index (κ3) is 5.27. The van der Waals surface area contributed by atoms with Gasteiger partial charge < -0.3 is 10.1 Å². The molecule has 0 bridgehead atoms. The highest BCUT2D eigenvalue weighted by molar-refractivity contribution is 7.88. The largest absolute Gasteiger partial charge is 0.492 e. The Morgan fingerprint density at radius 1 is 1.37 bits per heavy atom. The fourth-order valence-electron chi connectivity index (χ4n) is 3.06. The van der Waals surface area contributed by atoms with Gasteiger partial charge in [-0.25, -0.2) is 18.1 Å². The number of nitrogens with one attached hydrogen (secondary N) is 1. The third-order valence-corrected chi connectivity index (χ3v) is 5.63. The van der Waals surface area contributed by atoms with Crippen LogP contribution in [0.4, 0.5) is 5.69 Å². The smallest absolute Gasteiger partial charge is 0.242 e. The van der Waals surface area contributed by atoms with E-state index in [1.807, 2.05) is 0 Å². The lowest BCUT2D eigenvalue weighted by Gasteiger charge is -2.32. The number of rotatable bonds is 7. The van der Waals surface area contributed by atoms with E-state index in [9.17, 15) is 13.2 Å². The van der Waals surface area contributed by atoms with Gasteiger partial charge in [0.15, 0.2) is 0 Å². The first-order valence-electron chi connectivity index (χ1n) is 8.76. The van der Waals surface area contributed by atoms with Crippen LogP contribution in [-0.4, -0.2) is 58.8 Å². The van der Waals surface area contributed by atoms with Gasteiger partial charge in [-0.05, 0) is 25.0 Å². The lowest BCUT2D eigenvalue weighted by Crippen LogP contribution is -2.49. The topological polar surface area (TPSA) is 106 Å². The van der Waals surface area contributed by atoms with Gasteiger partial charge in [0.25, 0.3) is 0 Å². The molecule has 9 nitrogen and oxygen atoms in total. The average Bonchev–Trinajstić information content (AvgIpc) is 3.15. The molecular weight excluding hydrogens is 370 g/mol. The number of sulfonamides is 1. The lowest BCUT2D eigenvalue weighted by molar-refractivity contribution is -0.120. The molecule has 1 aliphatic heterocycles. The number of amides is 1. The molecular formula is C17H23N5O4S. The molecule has 10 heteroatoms. The number of hydrogen-bond donors (Lipinski definition) is 1. The SMILES string of the molecule is CS(=O)(=O)N1CCCCC1C(=O)Nc1cccc(OCCn2cncn2)c1. The van der Waals surface area contributed by atoms with Crippen molar-refractivity contribution in [1.29, 1.82) is 0 Å². The molecule has 1 atom stereocenters. The average molecular weight is 393 g/mol. The van der Waals surface area contributed by atoms with Crippen LogP contribution in [0.1, 0.15) is 19.3 Å². The highest BCUT2D eigenvalue weighted by Crippen LogP contribution is 2.23. The number of piperidine rings is 1. The van der Waals surface area contributed by atoms with Crippen molar-refractivity contribution in [2.45, 2.75) is 31.8 Å². The quantitative estimate of drug-likeness (QED) is 0.755. The fourth-order valence-corrected chi connectivity index (χ4v) is 4.18. The molecule has 1 aromatic heterocycles. The maximum absolute atomic E-state index is 12.6. The van der Waals surface area contributed by atoms with Crippen molar-refractivity contribution in [1.82, 2.24) is 19.1 Å². The number of benzene rings is 1. The molecule has 3 rings (SSSR count). The van der Waals surface area contributed by atoms with Gasteiger partial charge >= 0.3 is 0 Å². The molecule has 1 amide bonds. The van der Waals surface area contributed by atoms with Crippen LogP contribution in [0.25, 0.3) is 0 Å². The van der Waals surface area contributed by atoms with Crippen molar-refractivity contribution >= 4 is 21.6 Å². The Morgan fingerprint density at radius 2 is 2.22 bits per heavy atom. The van der Waals surface area contributed by atoms with E-state index in [2.05, 4.69) is 15.4 Å². The van der Waals surface area contributed by atoms with Crippen molar-refractivity contribution in [3.8, 4) is 5.75 Å². The van der Waals surface area contributed by atoms with Gasteiger partial charge in [-0.3, -0.25) is 4.79 Å². The highest BCUT2D eigenvalue weighted by atomic mass is 32.2. The Kier molecular flexibility index (Phi) is 6.07. The minimum atomic E-state index is -3.42. The van der Waals surface area contributed by atoms with Crippen molar-refractivity contribution in [3.05, 3.63) is 36.9 Å². The van der Waals surface area contributed by atoms with E-state index in [0.29, 0.717) is 37.6 Å². The first kappa shape index (κ1) is 19.3. The normalized spacial score (nSPS) is 18.2. The van der Waals surface area contributed by atoms with E-state index in [1.54, 1.807) is 35.3 Å². The van der Waals surface area contributed by atoms with E-state index >= 15 is 0 Å². The van der Waals surface area contributed by atoms with Crippen molar-refractivity contribution in [2.24, 2.45) is 0 Å². The van der Waals surface area contributed by atoms with Gasteiger partial charge in [0.2, 0.25) is 15.9 Å². The van der Waals surface area contributed by atoms with Crippen LogP contribution in [0.2, 0.25) is 0 Å². The molecule has 1 fully saturated rings. The molecule has 1 N–H and O–H groups in total. The van der Waals surface area contributed by atoms with Crippen molar-refractivity contribution in [3.63, 3.8) is 0 Å². The summed E-state index contributed by atoms with van der Waals surface area (Å²) in [5, 5.41) is 6.80. The number of nitrogens with zero attached hydrogens (tertiary/aromatic N) is 4. The molecule has 0 aliphatic carbocycles. The molecule has 146 valence electrons. The van der Waals surface area contributed by atoms with Crippen LogP contribution in [-0.2, 0) is 21.4 Å². The number of anilines is 1. The van der Waals surface area contributed by atoms with Crippen LogP contribution < -0.4 is 10.1 Å². The first-order chi connectivity index (χ1) is 12.9. The predicted molar refractivity (Wildman–Crippen MR) is 99.8 cm³/mol. The van der Waals surface area contributed by atoms with Crippen LogP contribution in [0.15, 0.2) is 36.9 Å². The van der Waals surface area contributed by atoms with Gasteiger partial charge in [0, 0.05) is 18.3 Å². The van der Waals surface area contributed by atoms with E-state index in [1.165, 1.54) is 10.6 Å². The summed E-state index contributed by atoms with van der Waals surface area (Å²) in [6.45, 7) is 1.34. The van der Waals surface area contributed by atoms with Crippen molar-refractivity contribution < 1.29 is 17.9 Å². The summed E-state index contributed by atoms with van der Waals surface area (Å²) < 4.78 is 32.5. The minimum absolute atomic E-state index is 0.320. The van der Waals surface area contributed by atoms with E-state index < -0.39 is 16.1 Å². The number of ether oxygens (including phenoxy) is 1. The summed E-state index contributed by atoms with van der Waals surface area (Å²) in [5.74, 6) is 0.288. The van der Waals surface area contributed by atoms with Crippen LogP contribution in [0.3, 0.4) is 0 Å². The molecule has 2 aromatic rings. The maximum atomic E-state index is 12.6. The van der Waals surface area contributed by atoms with Gasteiger partial charge in [-0.1, -0.05) is 12.5 Å². The molecule has 2 heterocycles. The molecule has 1 unspecified atom stereocenters. The summed E-state index contributed by atoms with van der Waals surface area (Å²) in [5.41, 5.74) is 0.567. The molecule has 1 saturated heterocycles. The summed E-state index contributed by atoms with van der Waals surface area (Å²) in [4.78, 5) is 16.5. The second-order valence-electron chi connectivity index (χ2n) is 6.41. The molecule has 0 radical (unpaired) electrons. The molecule has 27 heavy (non-hydrogen) atoms. The second-order valence-corrected chi connectivity index (χ2v) is 8.34. The monoisotopic (exact) mass is 393 g/mol. The number of carbonyl (C=O) groups excluding carboxylic acids is 1. The summed E-state index contributed by atoms with van der Waals surface area (Å²) in [6.07, 6.45) is 6.33.